The highest BCUT2D eigenvalue weighted by molar-refractivity contribution is 7.48. The van der Waals surface area contributed by atoms with E-state index in [0.717, 1.165) is 25.7 Å². The second-order valence-corrected chi connectivity index (χ2v) is 13.2. The van der Waals surface area contributed by atoms with Gasteiger partial charge in [0.25, 0.3) is 0 Å². The van der Waals surface area contributed by atoms with Gasteiger partial charge in [0.15, 0.2) is 0 Å². The lowest BCUT2D eigenvalue weighted by Crippen LogP contribution is -2.37. The molecule has 2 unspecified atom stereocenters. The highest BCUT2D eigenvalue weighted by Crippen LogP contribution is 2.48. The fourth-order valence-corrected chi connectivity index (χ4v) is 4.89. The van der Waals surface area contributed by atoms with E-state index >= 15 is 0 Å². The highest BCUT2D eigenvalue weighted by atomic mass is 31.2. The van der Waals surface area contributed by atoms with E-state index < -0.39 is 13.9 Å². The summed E-state index contributed by atoms with van der Waals surface area (Å²) in [5.41, 5.74) is 0. The summed E-state index contributed by atoms with van der Waals surface area (Å²) in [4.78, 5) is 12.4. The van der Waals surface area contributed by atoms with Gasteiger partial charge in [0.05, 0.1) is 33.9 Å². The Labute approximate surface area is 235 Å². The number of likely N-dealkylation sites (N-methyl/N-ethyl adjacent to an activating group) is 1. The van der Waals surface area contributed by atoms with Crippen LogP contribution >= 0.6 is 7.82 Å². The molecule has 228 valence electrons. The third kappa shape index (κ3) is 24.5. The van der Waals surface area contributed by atoms with Crippen LogP contribution in [0.15, 0.2) is 0 Å². The largest absolute Gasteiger partial charge is 0.474 e. The fraction of sp³-hybridized carbons (Fsp3) is 0.966. The molecule has 0 saturated carbocycles. The Kier molecular flexibility index (Phi) is 24.0. The van der Waals surface area contributed by atoms with Crippen LogP contribution in [0.1, 0.15) is 117 Å². The summed E-state index contributed by atoms with van der Waals surface area (Å²) < 4.78 is 35.7. The molecule has 0 aromatic rings. The lowest BCUT2D eigenvalue weighted by Gasteiger charge is -2.25. The van der Waals surface area contributed by atoms with Crippen molar-refractivity contribution in [3.8, 4) is 0 Å². The summed E-state index contributed by atoms with van der Waals surface area (Å²) in [6, 6.07) is 0. The van der Waals surface area contributed by atoms with Crippen molar-refractivity contribution in [1.29, 1.82) is 0 Å². The molecular formula is C29H62N2O6P+. The first-order valence-corrected chi connectivity index (χ1v) is 16.8. The summed E-state index contributed by atoms with van der Waals surface area (Å²) in [6.45, 7) is 6.30. The van der Waals surface area contributed by atoms with Crippen LogP contribution in [0.4, 0.5) is 0 Å². The Morgan fingerprint density at radius 1 is 0.763 bits per heavy atom. The number of nitrogens with one attached hydrogen (secondary N) is 1. The number of ether oxygens (including phenoxy) is 1. The number of unbranched alkanes of at least 4 members (excludes halogenated alkanes) is 13. The summed E-state index contributed by atoms with van der Waals surface area (Å²) in [7, 11) is 3.74. The third-order valence-corrected chi connectivity index (χ3v) is 7.95. The molecule has 2 atom stereocenters. The maximum absolute atomic E-state index is 12.9. The summed E-state index contributed by atoms with van der Waals surface area (Å²) in [5, 5.41) is 2.98. The fourth-order valence-electron chi connectivity index (χ4n) is 3.95. The predicted octanol–water partition coefficient (Wildman–Crippen LogP) is 7.26. The van der Waals surface area contributed by atoms with E-state index in [-0.39, 0.29) is 19.1 Å². The molecule has 8 nitrogen and oxygen atoms in total. The number of nitrogens with zero attached hydrogens (tertiary/aromatic N) is 1. The summed E-state index contributed by atoms with van der Waals surface area (Å²) in [5.74, 6) is 0.0234. The van der Waals surface area contributed by atoms with E-state index in [9.17, 15) is 9.36 Å². The minimum atomic E-state index is -3.69. The van der Waals surface area contributed by atoms with Crippen LogP contribution in [0.2, 0.25) is 0 Å². The van der Waals surface area contributed by atoms with Crippen LogP contribution in [0.25, 0.3) is 0 Å². The number of phosphoric acid groups is 1. The molecule has 0 bridgehead atoms. The van der Waals surface area contributed by atoms with E-state index in [1.807, 2.05) is 21.1 Å². The minimum Gasteiger partial charge on any atom is -0.374 e. The molecule has 0 heterocycles. The van der Waals surface area contributed by atoms with Crippen molar-refractivity contribution < 1.29 is 32.2 Å². The van der Waals surface area contributed by atoms with Crippen molar-refractivity contribution in [3.63, 3.8) is 0 Å². The number of hydrogen-bond donors (Lipinski definition) is 1. The molecule has 0 aromatic carbocycles. The molecule has 0 fully saturated rings. The highest BCUT2D eigenvalue weighted by Gasteiger charge is 2.28. The van der Waals surface area contributed by atoms with E-state index in [1.165, 1.54) is 77.7 Å². The van der Waals surface area contributed by atoms with Crippen molar-refractivity contribution in [1.82, 2.24) is 5.32 Å². The second kappa shape index (κ2) is 24.3. The molecule has 9 heteroatoms. The van der Waals surface area contributed by atoms with Crippen LogP contribution in [-0.2, 0) is 27.7 Å². The molecule has 0 aliphatic rings. The molecule has 0 radical (unpaired) electrons. The first-order chi connectivity index (χ1) is 18.2. The lowest BCUT2D eigenvalue weighted by molar-refractivity contribution is -0.870. The Balaban J connectivity index is 4.46. The maximum atomic E-state index is 12.9. The zero-order chi connectivity index (χ0) is 28.5. The van der Waals surface area contributed by atoms with Crippen molar-refractivity contribution in [2.45, 2.75) is 123 Å². The SMILES string of the molecule is CCCCCCCCCCCC(=O)NCC(COP(=O)(OC)OCC[N+](C)(C)C)OCCCCCCCC. The number of carbonyl (C=O) groups is 1. The van der Waals surface area contributed by atoms with E-state index in [1.54, 1.807) is 0 Å². The van der Waals surface area contributed by atoms with Crippen molar-refractivity contribution in [2.24, 2.45) is 0 Å². The molecule has 0 aliphatic heterocycles. The molecule has 0 spiro atoms. The molecular weight excluding hydrogens is 503 g/mol. The number of carbonyl (C=O) groups excluding carboxylic acids is 1. The Bertz CT molecular complexity index is 600. The van der Waals surface area contributed by atoms with Crippen LogP contribution in [0.5, 0.6) is 0 Å². The molecule has 0 saturated heterocycles. The molecule has 1 N–H and O–H groups in total. The van der Waals surface area contributed by atoms with E-state index in [2.05, 4.69) is 19.2 Å². The zero-order valence-electron chi connectivity index (χ0n) is 25.8. The molecule has 0 aliphatic carbocycles. The number of hydrogen-bond acceptors (Lipinski definition) is 6. The monoisotopic (exact) mass is 565 g/mol. The van der Waals surface area contributed by atoms with Crippen molar-refractivity contribution in [2.75, 3.05) is 61.2 Å². The normalized spacial score (nSPS) is 14.4. The van der Waals surface area contributed by atoms with Crippen LogP contribution in [0.3, 0.4) is 0 Å². The molecule has 0 aromatic heterocycles. The smallest absolute Gasteiger partial charge is 0.374 e. The van der Waals surface area contributed by atoms with Gasteiger partial charge in [-0.1, -0.05) is 97.3 Å². The lowest BCUT2D eigenvalue weighted by atomic mass is 10.1. The number of phosphoric ester groups is 1. The first-order valence-electron chi connectivity index (χ1n) is 15.3. The molecule has 0 rings (SSSR count). The Morgan fingerprint density at radius 3 is 1.82 bits per heavy atom. The predicted molar refractivity (Wildman–Crippen MR) is 157 cm³/mol. The second-order valence-electron chi connectivity index (χ2n) is 11.4. The Hall–Kier alpha value is -0.500. The zero-order valence-corrected chi connectivity index (χ0v) is 26.7. The maximum Gasteiger partial charge on any atom is 0.474 e. The van der Waals surface area contributed by atoms with Gasteiger partial charge in [-0.25, -0.2) is 4.57 Å². The van der Waals surface area contributed by atoms with Gasteiger partial charge < -0.3 is 14.5 Å². The standard InChI is InChI=1S/C29H61N2O6P/c1-7-9-11-13-15-16-17-18-20-22-29(32)30-26-28(35-24-21-19-14-12-10-8-2)27-37-38(33,34-6)36-25-23-31(3,4)5/h28H,7-27H2,1-6H3/p+1. The molecule has 38 heavy (non-hydrogen) atoms. The average Bonchev–Trinajstić information content (AvgIpc) is 2.87. The Morgan fingerprint density at radius 2 is 1.29 bits per heavy atom. The van der Waals surface area contributed by atoms with Crippen LogP contribution in [0, 0.1) is 0 Å². The van der Waals surface area contributed by atoms with Crippen molar-refractivity contribution >= 4 is 13.7 Å². The van der Waals surface area contributed by atoms with Crippen LogP contribution in [-0.4, -0.2) is 77.7 Å². The quantitative estimate of drug-likeness (QED) is 0.0611. The molecule has 1 amide bonds. The van der Waals surface area contributed by atoms with Gasteiger partial charge in [0, 0.05) is 26.7 Å². The summed E-state index contributed by atoms with van der Waals surface area (Å²) >= 11 is 0. The van der Waals surface area contributed by atoms with Gasteiger partial charge in [0.1, 0.15) is 13.2 Å². The van der Waals surface area contributed by atoms with Gasteiger partial charge >= 0.3 is 7.82 Å². The van der Waals surface area contributed by atoms with E-state index in [0.29, 0.717) is 30.6 Å². The summed E-state index contributed by atoms with van der Waals surface area (Å²) in [6.07, 6.45) is 18.1. The van der Waals surface area contributed by atoms with E-state index in [4.69, 9.17) is 18.3 Å². The number of rotatable bonds is 28. The van der Waals surface area contributed by atoms with Gasteiger partial charge in [0.2, 0.25) is 5.91 Å². The minimum absolute atomic E-state index is 0.0234. The number of quaternary nitrogens is 1. The third-order valence-electron chi connectivity index (χ3n) is 6.54. The van der Waals surface area contributed by atoms with Crippen molar-refractivity contribution in [3.05, 3.63) is 0 Å². The topological polar surface area (TPSA) is 83.1 Å². The van der Waals surface area contributed by atoms with Gasteiger partial charge in [-0.15, -0.1) is 0 Å². The average molecular weight is 566 g/mol. The number of amides is 1. The van der Waals surface area contributed by atoms with Crippen LogP contribution < -0.4 is 5.32 Å². The van der Waals surface area contributed by atoms with Gasteiger partial charge in [-0.3, -0.25) is 18.4 Å². The first kappa shape index (κ1) is 37.5. The van der Waals surface area contributed by atoms with Gasteiger partial charge in [-0.2, -0.15) is 0 Å². The van der Waals surface area contributed by atoms with Gasteiger partial charge in [-0.05, 0) is 12.8 Å².